The Morgan fingerprint density at radius 3 is 2.88 bits per heavy atom. The number of methoxy groups -OCH3 is 1. The topological polar surface area (TPSA) is 21.3 Å². The largest absolute Gasteiger partial charge is 0.494 e. The molecular weight excluding hydrogens is 217 g/mol. The Bertz CT molecular complexity index is 386. The van der Waals surface area contributed by atoms with E-state index in [1.807, 2.05) is 12.1 Å². The summed E-state index contributed by atoms with van der Waals surface area (Å²) in [5, 5.41) is 3.48. The van der Waals surface area contributed by atoms with Gasteiger partial charge in [-0.25, -0.2) is 4.39 Å². The van der Waals surface area contributed by atoms with Gasteiger partial charge in [0.25, 0.3) is 0 Å². The molecule has 1 aromatic rings. The first-order valence-corrected chi connectivity index (χ1v) is 6.31. The van der Waals surface area contributed by atoms with E-state index in [9.17, 15) is 4.39 Å². The second kappa shape index (κ2) is 5.05. The maximum absolute atomic E-state index is 14.3. The lowest BCUT2D eigenvalue weighted by Crippen LogP contribution is -2.37. The molecule has 2 rings (SSSR count). The van der Waals surface area contributed by atoms with Crippen LogP contribution in [0.4, 0.5) is 4.39 Å². The van der Waals surface area contributed by atoms with Gasteiger partial charge in [-0.2, -0.15) is 0 Å². The van der Waals surface area contributed by atoms with Crippen LogP contribution in [0, 0.1) is 5.82 Å². The van der Waals surface area contributed by atoms with Crippen molar-refractivity contribution >= 4 is 0 Å². The minimum Gasteiger partial charge on any atom is -0.494 e. The fourth-order valence-electron chi connectivity index (χ4n) is 2.85. The number of ether oxygens (including phenoxy) is 1. The number of nitrogens with one attached hydrogen (secondary N) is 1. The van der Waals surface area contributed by atoms with Crippen LogP contribution in [0.25, 0.3) is 0 Å². The van der Waals surface area contributed by atoms with E-state index in [1.165, 1.54) is 7.11 Å². The number of benzene rings is 1. The van der Waals surface area contributed by atoms with Crippen molar-refractivity contribution < 1.29 is 9.13 Å². The minimum absolute atomic E-state index is 0.187. The van der Waals surface area contributed by atoms with Gasteiger partial charge in [-0.1, -0.05) is 25.5 Å². The van der Waals surface area contributed by atoms with Crippen molar-refractivity contribution in [3.63, 3.8) is 0 Å². The molecule has 2 nitrogen and oxygen atoms in total. The van der Waals surface area contributed by atoms with Crippen molar-refractivity contribution in [2.45, 2.75) is 38.1 Å². The Morgan fingerprint density at radius 1 is 1.47 bits per heavy atom. The van der Waals surface area contributed by atoms with Gasteiger partial charge in [0.1, 0.15) is 0 Å². The Hall–Kier alpha value is -1.09. The molecule has 0 bridgehead atoms. The van der Waals surface area contributed by atoms with Crippen LogP contribution >= 0.6 is 0 Å². The normalized spacial score (nSPS) is 23.9. The lowest BCUT2D eigenvalue weighted by Gasteiger charge is -2.30. The fraction of sp³-hybridized carbons (Fsp3) is 0.571. The van der Waals surface area contributed by atoms with Crippen LogP contribution in [0.1, 0.15) is 38.2 Å². The predicted octanol–water partition coefficient (Wildman–Crippen LogP) is 3.21. The quantitative estimate of drug-likeness (QED) is 0.868. The molecule has 0 aromatic heterocycles. The van der Waals surface area contributed by atoms with Gasteiger partial charge in [0.15, 0.2) is 11.6 Å². The van der Waals surface area contributed by atoms with Gasteiger partial charge in [0.05, 0.1) is 7.11 Å². The van der Waals surface area contributed by atoms with E-state index >= 15 is 0 Å². The summed E-state index contributed by atoms with van der Waals surface area (Å²) in [6.07, 6.45) is 4.13. The third kappa shape index (κ3) is 2.16. The molecular formula is C14H20FNO. The van der Waals surface area contributed by atoms with Crippen LogP contribution in [0.5, 0.6) is 5.75 Å². The molecule has 0 saturated carbocycles. The summed E-state index contributed by atoms with van der Waals surface area (Å²) in [6.45, 7) is 3.11. The zero-order valence-corrected chi connectivity index (χ0v) is 10.6. The first-order chi connectivity index (χ1) is 8.23. The van der Waals surface area contributed by atoms with Crippen LogP contribution in [-0.2, 0) is 5.54 Å². The summed E-state index contributed by atoms with van der Waals surface area (Å²) < 4.78 is 19.4. The standard InChI is InChI=1S/C14H20FNO/c1-3-8-14(9-5-10-16-14)11-6-4-7-12(17-2)13(11)15/h4,6-7,16H,3,5,8-10H2,1-2H3. The van der Waals surface area contributed by atoms with E-state index < -0.39 is 0 Å². The second-order valence-corrected chi connectivity index (χ2v) is 4.68. The highest BCUT2D eigenvalue weighted by molar-refractivity contribution is 5.36. The van der Waals surface area contributed by atoms with Crippen molar-refractivity contribution in [1.29, 1.82) is 0 Å². The van der Waals surface area contributed by atoms with Gasteiger partial charge in [-0.3, -0.25) is 0 Å². The average Bonchev–Trinajstić information content (AvgIpc) is 2.79. The molecule has 1 aromatic carbocycles. The van der Waals surface area contributed by atoms with Crippen molar-refractivity contribution in [1.82, 2.24) is 5.32 Å². The highest BCUT2D eigenvalue weighted by Crippen LogP contribution is 2.38. The molecule has 1 unspecified atom stereocenters. The van der Waals surface area contributed by atoms with Crippen molar-refractivity contribution in [3.8, 4) is 5.75 Å². The van der Waals surface area contributed by atoms with Gasteiger partial charge in [-0.15, -0.1) is 0 Å². The summed E-state index contributed by atoms with van der Waals surface area (Å²) in [6, 6.07) is 5.42. The van der Waals surface area contributed by atoms with Gasteiger partial charge in [0.2, 0.25) is 0 Å². The number of rotatable bonds is 4. The molecule has 1 aliphatic rings. The van der Waals surface area contributed by atoms with E-state index in [-0.39, 0.29) is 11.4 Å². The van der Waals surface area contributed by atoms with E-state index in [0.717, 1.165) is 37.8 Å². The molecule has 1 N–H and O–H groups in total. The Kier molecular flexibility index (Phi) is 3.67. The molecule has 3 heteroatoms. The summed E-state index contributed by atoms with van der Waals surface area (Å²) in [5.74, 6) is 0.129. The molecule has 0 aliphatic carbocycles. The van der Waals surface area contributed by atoms with Crippen LogP contribution in [0.3, 0.4) is 0 Å². The Labute approximate surface area is 102 Å². The van der Waals surface area contributed by atoms with Gasteiger partial charge in [0, 0.05) is 11.1 Å². The molecule has 0 amide bonds. The molecule has 1 atom stereocenters. The molecule has 0 radical (unpaired) electrons. The SMILES string of the molecule is CCCC1(c2cccc(OC)c2F)CCCN1. The zero-order chi connectivity index (χ0) is 12.3. The van der Waals surface area contributed by atoms with Crippen molar-refractivity contribution in [3.05, 3.63) is 29.6 Å². The van der Waals surface area contributed by atoms with Crippen LogP contribution < -0.4 is 10.1 Å². The van der Waals surface area contributed by atoms with Crippen LogP contribution in [0.15, 0.2) is 18.2 Å². The molecule has 94 valence electrons. The molecule has 1 saturated heterocycles. The first-order valence-electron chi connectivity index (χ1n) is 6.31. The molecule has 0 spiro atoms. The van der Waals surface area contributed by atoms with Crippen LogP contribution in [-0.4, -0.2) is 13.7 Å². The lowest BCUT2D eigenvalue weighted by atomic mass is 9.84. The minimum atomic E-state index is -0.210. The molecule has 1 heterocycles. The van der Waals surface area contributed by atoms with Crippen LogP contribution in [0.2, 0.25) is 0 Å². The van der Waals surface area contributed by atoms with Gasteiger partial charge in [-0.05, 0) is 31.9 Å². The Morgan fingerprint density at radius 2 is 2.29 bits per heavy atom. The number of hydrogen-bond acceptors (Lipinski definition) is 2. The Balaban J connectivity index is 2.42. The maximum Gasteiger partial charge on any atom is 0.170 e. The zero-order valence-electron chi connectivity index (χ0n) is 10.6. The van der Waals surface area contributed by atoms with E-state index in [4.69, 9.17) is 4.74 Å². The van der Waals surface area contributed by atoms with Gasteiger partial charge >= 0.3 is 0 Å². The third-order valence-corrected chi connectivity index (χ3v) is 3.62. The van der Waals surface area contributed by atoms with E-state index in [2.05, 4.69) is 12.2 Å². The fourth-order valence-corrected chi connectivity index (χ4v) is 2.85. The molecule has 1 aliphatic heterocycles. The highest BCUT2D eigenvalue weighted by Gasteiger charge is 2.37. The average molecular weight is 237 g/mol. The summed E-state index contributed by atoms with van der Waals surface area (Å²) in [7, 11) is 1.51. The summed E-state index contributed by atoms with van der Waals surface area (Å²) in [5.41, 5.74) is 0.573. The first kappa shape index (κ1) is 12.4. The molecule has 1 fully saturated rings. The number of hydrogen-bond donors (Lipinski definition) is 1. The smallest absolute Gasteiger partial charge is 0.170 e. The highest BCUT2D eigenvalue weighted by atomic mass is 19.1. The lowest BCUT2D eigenvalue weighted by molar-refractivity contribution is 0.327. The third-order valence-electron chi connectivity index (χ3n) is 3.62. The summed E-state index contributed by atoms with van der Waals surface area (Å²) >= 11 is 0. The van der Waals surface area contributed by atoms with E-state index in [1.54, 1.807) is 6.07 Å². The van der Waals surface area contributed by atoms with Crippen molar-refractivity contribution in [2.24, 2.45) is 0 Å². The van der Waals surface area contributed by atoms with E-state index in [0.29, 0.717) is 5.75 Å². The molecule has 17 heavy (non-hydrogen) atoms. The predicted molar refractivity (Wildman–Crippen MR) is 66.8 cm³/mol. The number of halogens is 1. The summed E-state index contributed by atoms with van der Waals surface area (Å²) in [4.78, 5) is 0. The second-order valence-electron chi connectivity index (χ2n) is 4.68. The van der Waals surface area contributed by atoms with Gasteiger partial charge < -0.3 is 10.1 Å². The van der Waals surface area contributed by atoms with Crippen molar-refractivity contribution in [2.75, 3.05) is 13.7 Å². The maximum atomic E-state index is 14.3. The monoisotopic (exact) mass is 237 g/mol.